The minimum absolute atomic E-state index is 0.0421. The maximum Gasteiger partial charge on any atom is 0.416 e. The number of anilines is 2. The van der Waals surface area contributed by atoms with Crippen molar-refractivity contribution in [3.8, 4) is 11.1 Å². The highest BCUT2D eigenvalue weighted by Gasteiger charge is 2.30. The van der Waals surface area contributed by atoms with Crippen LogP contribution in [0, 0.1) is 0 Å². The number of carbonyl (C=O) groups is 1. The second-order valence-electron chi connectivity index (χ2n) is 9.41. The number of aliphatic hydroxyl groups excluding tert-OH is 1. The lowest BCUT2D eigenvalue weighted by atomic mass is 10.0. The molecule has 3 heterocycles. The first-order valence-electron chi connectivity index (χ1n) is 12.2. The number of nitrogens with zero attached hydrogens (tertiary/aromatic N) is 4. The van der Waals surface area contributed by atoms with Crippen molar-refractivity contribution in [1.82, 2.24) is 19.7 Å². The van der Waals surface area contributed by atoms with Gasteiger partial charge in [0.2, 0.25) is 0 Å². The van der Waals surface area contributed by atoms with Gasteiger partial charge in [0.1, 0.15) is 0 Å². The third-order valence-corrected chi connectivity index (χ3v) is 6.60. The van der Waals surface area contributed by atoms with Gasteiger partial charge in [0.05, 0.1) is 23.6 Å². The van der Waals surface area contributed by atoms with E-state index in [-0.39, 0.29) is 11.8 Å². The quantitative estimate of drug-likeness (QED) is 0.331. The summed E-state index contributed by atoms with van der Waals surface area (Å²) in [6.07, 6.45) is -1.47. The molecule has 5 rings (SSSR count). The first kappa shape index (κ1) is 25.7. The molecular formula is C27H27F3N6O2. The summed E-state index contributed by atoms with van der Waals surface area (Å²) in [4.78, 5) is 19.5. The van der Waals surface area contributed by atoms with Crippen molar-refractivity contribution >= 4 is 28.4 Å². The minimum Gasteiger partial charge on any atom is -0.393 e. The molecule has 2 amide bonds. The molecule has 198 valence electrons. The van der Waals surface area contributed by atoms with Crippen LogP contribution < -0.4 is 10.6 Å². The molecule has 1 fully saturated rings. The van der Waals surface area contributed by atoms with Crippen LogP contribution in [0.4, 0.5) is 29.3 Å². The van der Waals surface area contributed by atoms with E-state index in [1.165, 1.54) is 12.1 Å². The van der Waals surface area contributed by atoms with Gasteiger partial charge in [-0.05, 0) is 60.4 Å². The fourth-order valence-electron chi connectivity index (χ4n) is 4.59. The van der Waals surface area contributed by atoms with Gasteiger partial charge in [-0.2, -0.15) is 18.3 Å². The number of aliphatic hydroxyl groups is 1. The third-order valence-electron chi connectivity index (χ3n) is 6.60. The smallest absolute Gasteiger partial charge is 0.393 e. The molecule has 0 atom stereocenters. The van der Waals surface area contributed by atoms with E-state index < -0.39 is 17.8 Å². The Hall–Kier alpha value is -3.96. The maximum absolute atomic E-state index is 12.9. The lowest BCUT2D eigenvalue weighted by Crippen LogP contribution is -2.35. The zero-order chi connectivity index (χ0) is 26.9. The molecule has 0 unspecified atom stereocenters. The Balaban J connectivity index is 1.32. The van der Waals surface area contributed by atoms with Crippen LogP contribution in [0.1, 0.15) is 24.1 Å². The van der Waals surface area contributed by atoms with Crippen LogP contribution in [0.3, 0.4) is 0 Å². The van der Waals surface area contributed by atoms with Crippen molar-refractivity contribution in [2.45, 2.75) is 31.7 Å². The molecule has 1 aliphatic heterocycles. The van der Waals surface area contributed by atoms with Gasteiger partial charge in [0, 0.05) is 43.4 Å². The maximum atomic E-state index is 12.9. The molecule has 38 heavy (non-hydrogen) atoms. The summed E-state index contributed by atoms with van der Waals surface area (Å²) in [6, 6.07) is 13.0. The summed E-state index contributed by atoms with van der Waals surface area (Å²) < 4.78 is 40.5. The fraction of sp³-hybridized carbons (Fsp3) is 0.296. The monoisotopic (exact) mass is 524 g/mol. The molecule has 11 heteroatoms. The number of hydrogen-bond donors (Lipinski definition) is 3. The lowest BCUT2D eigenvalue weighted by molar-refractivity contribution is -0.137. The summed E-state index contributed by atoms with van der Waals surface area (Å²) in [7, 11) is 1.84. The number of aryl methyl sites for hydroxylation is 1. The minimum atomic E-state index is -4.49. The second-order valence-corrected chi connectivity index (χ2v) is 9.41. The predicted octanol–water partition coefficient (Wildman–Crippen LogP) is 5.25. The van der Waals surface area contributed by atoms with E-state index in [1.807, 2.05) is 25.2 Å². The average Bonchev–Trinajstić information content (AvgIpc) is 3.25. The first-order valence-corrected chi connectivity index (χ1v) is 12.2. The Kier molecular flexibility index (Phi) is 7.04. The van der Waals surface area contributed by atoms with E-state index in [2.05, 4.69) is 20.6 Å². The van der Waals surface area contributed by atoms with Crippen LogP contribution in [0.25, 0.3) is 22.2 Å². The van der Waals surface area contributed by atoms with Gasteiger partial charge in [-0.3, -0.25) is 9.58 Å². The average molecular weight is 525 g/mol. The zero-order valence-corrected chi connectivity index (χ0v) is 20.7. The molecule has 0 bridgehead atoms. The number of pyridine rings is 1. The topological polar surface area (TPSA) is 95.3 Å². The molecule has 0 spiro atoms. The number of urea groups is 1. The van der Waals surface area contributed by atoms with Gasteiger partial charge < -0.3 is 15.7 Å². The zero-order valence-electron chi connectivity index (χ0n) is 20.7. The molecule has 1 aliphatic rings. The van der Waals surface area contributed by atoms with Crippen LogP contribution in [0.2, 0.25) is 0 Å². The second kappa shape index (κ2) is 10.4. The molecule has 8 nitrogen and oxygen atoms in total. The van der Waals surface area contributed by atoms with Gasteiger partial charge in [-0.25, -0.2) is 9.78 Å². The van der Waals surface area contributed by atoms with Crippen molar-refractivity contribution in [1.29, 1.82) is 0 Å². The van der Waals surface area contributed by atoms with Gasteiger partial charge >= 0.3 is 12.2 Å². The number of nitrogens with one attached hydrogen (secondary N) is 2. The van der Waals surface area contributed by atoms with Gasteiger partial charge in [-0.15, -0.1) is 0 Å². The number of fused-ring (bicyclic) bond motifs is 1. The Labute approximate surface area is 217 Å². The molecule has 0 saturated carbocycles. The van der Waals surface area contributed by atoms with Crippen molar-refractivity contribution in [3.63, 3.8) is 0 Å². The van der Waals surface area contributed by atoms with Crippen molar-refractivity contribution < 1.29 is 23.1 Å². The number of rotatable bonds is 5. The number of amides is 2. The summed E-state index contributed by atoms with van der Waals surface area (Å²) >= 11 is 0. The molecule has 2 aromatic carbocycles. The van der Waals surface area contributed by atoms with Crippen LogP contribution in [-0.4, -0.2) is 50.0 Å². The summed E-state index contributed by atoms with van der Waals surface area (Å²) in [5.74, 6) is 0. The van der Waals surface area contributed by atoms with E-state index in [9.17, 15) is 23.1 Å². The number of likely N-dealkylation sites (tertiary alicyclic amines) is 1. The Morgan fingerprint density at radius 2 is 1.76 bits per heavy atom. The fourth-order valence-corrected chi connectivity index (χ4v) is 4.59. The SMILES string of the molecule is Cn1ncc2c(-c3ccc(NC(=O)Nc4cccc(C(F)(F)F)c4)cc3)cc(CN3CCC(O)CC3)nc21. The van der Waals surface area contributed by atoms with Crippen LogP contribution in [0.15, 0.2) is 60.8 Å². The van der Waals surface area contributed by atoms with Crippen molar-refractivity contribution in [2.24, 2.45) is 7.05 Å². The van der Waals surface area contributed by atoms with Gasteiger partial charge in [0.15, 0.2) is 5.65 Å². The summed E-state index contributed by atoms with van der Waals surface area (Å²) in [6.45, 7) is 2.28. The number of benzene rings is 2. The van der Waals surface area contributed by atoms with Crippen LogP contribution >= 0.6 is 0 Å². The highest BCUT2D eigenvalue weighted by atomic mass is 19.4. The Bertz CT molecular complexity index is 1440. The molecule has 1 saturated heterocycles. The van der Waals surface area contributed by atoms with E-state index in [4.69, 9.17) is 4.98 Å². The van der Waals surface area contributed by atoms with E-state index in [0.29, 0.717) is 12.2 Å². The molecule has 0 radical (unpaired) electrons. The van der Waals surface area contributed by atoms with Gasteiger partial charge in [-0.1, -0.05) is 18.2 Å². The summed E-state index contributed by atoms with van der Waals surface area (Å²) in [5.41, 5.74) is 3.21. The largest absolute Gasteiger partial charge is 0.416 e. The first-order chi connectivity index (χ1) is 18.2. The third kappa shape index (κ3) is 5.79. The number of aromatic nitrogens is 3. The molecule has 4 aromatic rings. The standard InChI is InChI=1S/C27H27F3N6O2/c1-35-25-24(15-31-35)23(14-21(32-25)16-36-11-9-22(37)10-12-36)17-5-7-19(8-6-17)33-26(38)34-20-4-2-3-18(13-20)27(28,29)30/h2-8,13-15,22,37H,9-12,16H2,1H3,(H2,33,34,38). The number of alkyl halides is 3. The highest BCUT2D eigenvalue weighted by Crippen LogP contribution is 2.32. The van der Waals surface area contributed by atoms with Gasteiger partial charge in [0.25, 0.3) is 0 Å². The summed E-state index contributed by atoms with van der Waals surface area (Å²) in [5, 5.41) is 20.2. The Morgan fingerprint density at radius 1 is 1.05 bits per heavy atom. The molecular weight excluding hydrogens is 497 g/mol. The normalized spacial score (nSPS) is 15.1. The molecule has 0 aliphatic carbocycles. The predicted molar refractivity (Wildman–Crippen MR) is 139 cm³/mol. The number of piperidine rings is 1. The number of carbonyl (C=O) groups excluding carboxylic acids is 1. The number of halogens is 3. The number of hydrogen-bond acceptors (Lipinski definition) is 5. The van der Waals surface area contributed by atoms with Crippen LogP contribution in [0.5, 0.6) is 0 Å². The van der Waals surface area contributed by atoms with E-state index in [0.717, 1.165) is 65.9 Å². The lowest BCUT2D eigenvalue weighted by Gasteiger charge is -2.29. The van der Waals surface area contributed by atoms with E-state index >= 15 is 0 Å². The van der Waals surface area contributed by atoms with Crippen molar-refractivity contribution in [2.75, 3.05) is 23.7 Å². The van der Waals surface area contributed by atoms with E-state index in [1.54, 1.807) is 23.0 Å². The van der Waals surface area contributed by atoms with Crippen LogP contribution in [-0.2, 0) is 19.8 Å². The molecule has 3 N–H and O–H groups in total. The molecule has 2 aromatic heterocycles. The van der Waals surface area contributed by atoms with Crippen molar-refractivity contribution in [3.05, 3.63) is 72.1 Å². The highest BCUT2D eigenvalue weighted by molar-refractivity contribution is 6.00. The Morgan fingerprint density at radius 3 is 2.47 bits per heavy atom.